The van der Waals surface area contributed by atoms with Crippen molar-refractivity contribution in [2.75, 3.05) is 0 Å². The summed E-state index contributed by atoms with van der Waals surface area (Å²) in [5, 5.41) is 4.14. The second-order valence-electron chi connectivity index (χ2n) is 24.9. The van der Waals surface area contributed by atoms with Crippen LogP contribution >= 0.6 is 0 Å². The number of aromatic nitrogens is 5. The van der Waals surface area contributed by atoms with E-state index in [2.05, 4.69) is 176 Å². The minimum Gasteiger partial charge on any atom is -0.309 e. The van der Waals surface area contributed by atoms with Gasteiger partial charge in [0.2, 0.25) is 0 Å². The van der Waals surface area contributed by atoms with E-state index in [1.165, 1.54) is 17.2 Å². The highest BCUT2D eigenvalue weighted by Crippen LogP contribution is 2.45. The van der Waals surface area contributed by atoms with Gasteiger partial charge in [0.1, 0.15) is 0 Å². The Morgan fingerprint density at radius 2 is 0.769 bits per heavy atom. The topological polar surface area (TPSA) is 52.9 Å². The lowest BCUT2D eigenvalue weighted by Gasteiger charge is -2.20. The van der Waals surface area contributed by atoms with Crippen molar-refractivity contribution in [3.8, 4) is 56.7 Å². The van der Waals surface area contributed by atoms with Crippen molar-refractivity contribution in [3.63, 3.8) is 0 Å². The zero-order chi connectivity index (χ0) is 55.4. The van der Waals surface area contributed by atoms with Crippen LogP contribution in [0.1, 0.15) is 111 Å². The molecule has 0 bridgehead atoms. The van der Waals surface area contributed by atoms with Crippen molar-refractivity contribution in [1.29, 1.82) is 0 Å². The van der Waals surface area contributed by atoms with Crippen LogP contribution < -0.4 is 0 Å². The van der Waals surface area contributed by atoms with E-state index in [0.717, 1.165) is 77.6 Å². The van der Waals surface area contributed by atoms with Gasteiger partial charge in [-0.15, -0.1) is 0 Å². The second-order valence-corrected chi connectivity index (χ2v) is 24.9. The molecule has 0 unspecified atom stereocenters. The van der Waals surface area contributed by atoms with Crippen molar-refractivity contribution in [1.82, 2.24) is 24.1 Å². The number of nitrogens with zero attached hydrogens (tertiary/aromatic N) is 6. The van der Waals surface area contributed by atoms with Gasteiger partial charge in [0.05, 0.1) is 45.6 Å². The molecule has 0 saturated carbocycles. The van der Waals surface area contributed by atoms with Crippen LogP contribution in [0.25, 0.3) is 105 Å². The largest absolute Gasteiger partial charge is 0.416 e. The number of hydrogen-bond donors (Lipinski definition) is 0. The summed E-state index contributed by atoms with van der Waals surface area (Å²) >= 11 is 0. The first-order valence-corrected chi connectivity index (χ1v) is 26.6. The third kappa shape index (κ3) is 9.21. The maximum atomic E-state index is 15.3. The van der Waals surface area contributed by atoms with Crippen LogP contribution in [0.15, 0.2) is 164 Å². The summed E-state index contributed by atoms with van der Waals surface area (Å²) in [5.74, 6) is 0.639. The Morgan fingerprint density at radius 3 is 1.22 bits per heavy atom. The van der Waals surface area contributed by atoms with Gasteiger partial charge >= 0.3 is 6.18 Å². The quantitative estimate of drug-likeness (QED) is 0.156. The van der Waals surface area contributed by atoms with Crippen LogP contribution in [-0.2, 0) is 27.8 Å². The lowest BCUT2D eigenvalue weighted by Crippen LogP contribution is -2.11. The van der Waals surface area contributed by atoms with E-state index in [0.29, 0.717) is 28.3 Å². The fraction of sp³-hybridized carbons (Fsp3) is 0.246. The predicted octanol–water partition coefficient (Wildman–Crippen LogP) is 19.5. The molecule has 11 rings (SSSR count). The molecule has 390 valence electrons. The van der Waals surface area contributed by atoms with E-state index < -0.39 is 11.7 Å². The Labute approximate surface area is 455 Å². The lowest BCUT2D eigenvalue weighted by molar-refractivity contribution is -0.137. The zero-order valence-corrected chi connectivity index (χ0v) is 46.4. The Hall–Kier alpha value is -8.35. The van der Waals surface area contributed by atoms with Gasteiger partial charge in [-0.2, -0.15) is 13.2 Å². The van der Waals surface area contributed by atoms with Crippen LogP contribution in [0.5, 0.6) is 0 Å². The van der Waals surface area contributed by atoms with E-state index in [-0.39, 0.29) is 38.9 Å². The molecule has 0 atom stereocenters. The molecule has 0 saturated heterocycles. The van der Waals surface area contributed by atoms with Crippen LogP contribution in [0.2, 0.25) is 0 Å². The molecule has 9 heteroatoms. The zero-order valence-electron chi connectivity index (χ0n) is 46.4. The van der Waals surface area contributed by atoms with Crippen molar-refractivity contribution in [3.05, 3.63) is 203 Å². The molecule has 0 aliphatic rings. The third-order valence-corrected chi connectivity index (χ3v) is 15.3. The molecule has 0 fully saturated rings. The monoisotopic (exact) mass is 1030 g/mol. The molecule has 11 aromatic rings. The Kier molecular flexibility index (Phi) is 12.2. The number of halogens is 3. The number of hydrogen-bond acceptors (Lipinski definition) is 3. The number of rotatable bonds is 6. The summed E-state index contributed by atoms with van der Waals surface area (Å²) in [4.78, 5) is 19.7. The minimum absolute atomic E-state index is 0.0767. The van der Waals surface area contributed by atoms with Gasteiger partial charge in [0.15, 0.2) is 23.2 Å². The SMILES string of the molecule is [C-]#[N+]c1ccccc1-c1ccc(-c2nc(-c3ccccc3)nc(-c3cc(C(F)(F)F)ccc3-n3c4ccc(C(C)(C)C)cc4c4cc(C(C)(C)C)ccc43)n2)c(-n2c3ccc(C(C)(C)C)cc3c3cc(C(C)(C)C)ccc32)c1. The van der Waals surface area contributed by atoms with Gasteiger partial charge in [-0.1, -0.05) is 168 Å². The average molecular weight is 1030 g/mol. The summed E-state index contributed by atoms with van der Waals surface area (Å²) < 4.78 is 50.1. The lowest BCUT2D eigenvalue weighted by atomic mass is 9.85. The number of para-hydroxylation sites is 1. The fourth-order valence-electron chi connectivity index (χ4n) is 10.7. The Morgan fingerprint density at radius 1 is 0.359 bits per heavy atom. The van der Waals surface area contributed by atoms with Crippen molar-refractivity contribution in [2.24, 2.45) is 0 Å². The molecule has 78 heavy (non-hydrogen) atoms. The van der Waals surface area contributed by atoms with Gasteiger partial charge in [0, 0.05) is 38.2 Å². The van der Waals surface area contributed by atoms with Gasteiger partial charge in [-0.25, -0.2) is 19.8 Å². The molecule has 8 aromatic carbocycles. The molecule has 0 amide bonds. The van der Waals surface area contributed by atoms with E-state index in [1.54, 1.807) is 6.07 Å². The standard InChI is InChI=1S/C69H63F3N6/c1-65(2,3)43-24-30-56-50(36-43)51-37-44(66(4,5)6)25-31-57(51)77(56)60-34-28-47(69(70,71)72)40-54(60)64-75-62(41-19-15-14-16-20-41)74-63(76-64)49-29-23-42(48-21-17-18-22-55(48)73-13)35-61(49)78-58-32-26-45(67(7,8)9)38-52(58)53-39-46(68(10,11)12)27-33-59(53)78/h14-40H,1-12H3. The highest BCUT2D eigenvalue weighted by atomic mass is 19.4. The number of fused-ring (bicyclic) bond motifs is 6. The normalized spacial score (nSPS) is 12.8. The minimum atomic E-state index is -4.68. The van der Waals surface area contributed by atoms with Gasteiger partial charge < -0.3 is 9.13 Å². The van der Waals surface area contributed by atoms with Crippen LogP contribution in [-0.4, -0.2) is 24.1 Å². The summed E-state index contributed by atoms with van der Waals surface area (Å²) in [6.45, 7) is 34.6. The first-order chi connectivity index (χ1) is 36.8. The van der Waals surface area contributed by atoms with E-state index in [4.69, 9.17) is 21.5 Å². The second kappa shape index (κ2) is 18.4. The summed E-state index contributed by atoms with van der Waals surface area (Å²) in [6.07, 6.45) is -4.68. The van der Waals surface area contributed by atoms with Crippen molar-refractivity contribution >= 4 is 49.3 Å². The fourth-order valence-corrected chi connectivity index (χ4v) is 10.7. The van der Waals surface area contributed by atoms with E-state index in [9.17, 15) is 0 Å². The molecule has 0 N–H and O–H groups in total. The Bertz CT molecular complexity index is 4090. The van der Waals surface area contributed by atoms with Crippen LogP contribution in [0.4, 0.5) is 18.9 Å². The smallest absolute Gasteiger partial charge is 0.309 e. The summed E-state index contributed by atoms with van der Waals surface area (Å²) in [7, 11) is 0. The highest BCUT2D eigenvalue weighted by Gasteiger charge is 2.33. The molecule has 3 aromatic heterocycles. The third-order valence-electron chi connectivity index (χ3n) is 15.3. The van der Waals surface area contributed by atoms with Gasteiger partial charge in [0.25, 0.3) is 0 Å². The van der Waals surface area contributed by atoms with E-state index >= 15 is 13.2 Å². The molecular formula is C69H63F3N6. The molecule has 3 heterocycles. The van der Waals surface area contributed by atoms with Crippen LogP contribution in [0, 0.1) is 6.57 Å². The number of alkyl halides is 3. The van der Waals surface area contributed by atoms with Crippen molar-refractivity contribution < 1.29 is 13.2 Å². The first kappa shape index (κ1) is 51.7. The highest BCUT2D eigenvalue weighted by molar-refractivity contribution is 6.12. The number of benzene rings is 8. The predicted molar refractivity (Wildman–Crippen MR) is 316 cm³/mol. The maximum Gasteiger partial charge on any atom is 0.416 e. The maximum absolute atomic E-state index is 15.3. The summed E-state index contributed by atoms with van der Waals surface area (Å²) in [5.41, 5.74) is 11.6. The molecule has 0 aliphatic heterocycles. The molecule has 0 radical (unpaired) electrons. The van der Waals surface area contributed by atoms with Crippen LogP contribution in [0.3, 0.4) is 0 Å². The van der Waals surface area contributed by atoms with Gasteiger partial charge in [-0.3, -0.25) is 0 Å². The summed E-state index contributed by atoms with van der Waals surface area (Å²) in [6, 6.07) is 53.2. The Balaban J connectivity index is 1.25. The first-order valence-electron chi connectivity index (χ1n) is 26.6. The van der Waals surface area contributed by atoms with Gasteiger partial charge in [-0.05, 0) is 134 Å². The molecule has 6 nitrogen and oxygen atoms in total. The molecular weight excluding hydrogens is 970 g/mol. The molecule has 0 aliphatic carbocycles. The van der Waals surface area contributed by atoms with E-state index in [1.807, 2.05) is 66.7 Å². The average Bonchev–Trinajstić information content (AvgIpc) is 4.08. The van der Waals surface area contributed by atoms with Crippen molar-refractivity contribution in [2.45, 2.75) is 111 Å². The molecule has 0 spiro atoms.